The molecular weight excluding hydrogens is 428 g/mol. The molecule has 0 amide bonds. The number of epoxide rings is 2. The lowest BCUT2D eigenvalue weighted by molar-refractivity contribution is -0.166. The fourth-order valence-electron chi connectivity index (χ4n) is 10.4. The second-order valence-electron chi connectivity index (χ2n) is 14.0. The number of carbonyl (C=O) groups is 2. The normalized spacial score (nSPS) is 61.9. The van der Waals surface area contributed by atoms with Crippen LogP contribution in [0.2, 0.25) is 0 Å². The van der Waals surface area contributed by atoms with Gasteiger partial charge in [0.05, 0.1) is 12.2 Å². The third-order valence-corrected chi connectivity index (χ3v) is 13.0. The van der Waals surface area contributed by atoms with Gasteiger partial charge in [-0.25, -0.2) is 4.79 Å². The van der Waals surface area contributed by atoms with Crippen LogP contribution in [0.1, 0.15) is 80.1 Å². The molecule has 7 rings (SSSR count). The number of allylic oxidation sites excluding steroid dienone is 2. The lowest BCUT2D eigenvalue weighted by Crippen LogP contribution is -2.62. The first kappa shape index (κ1) is 22.0. The number of rotatable bonds is 2. The zero-order valence-electron chi connectivity index (χ0n) is 21.6. The van der Waals surface area contributed by atoms with Crippen LogP contribution in [-0.4, -0.2) is 41.3 Å². The molecule has 6 fully saturated rings. The van der Waals surface area contributed by atoms with Gasteiger partial charge in [-0.15, -0.1) is 0 Å². The van der Waals surface area contributed by atoms with Crippen LogP contribution in [0.5, 0.6) is 0 Å². The van der Waals surface area contributed by atoms with Crippen molar-refractivity contribution in [2.75, 3.05) is 0 Å². The van der Waals surface area contributed by atoms with E-state index in [1.165, 1.54) is 12.8 Å². The Kier molecular flexibility index (Phi) is 4.01. The Hall–Kier alpha value is -1.20. The average molecular weight is 469 g/mol. The van der Waals surface area contributed by atoms with E-state index in [1.807, 2.05) is 13.0 Å². The first-order valence-corrected chi connectivity index (χ1v) is 13.7. The molecule has 0 N–H and O–H groups in total. The molecule has 0 aromatic heterocycles. The van der Waals surface area contributed by atoms with Crippen LogP contribution in [0, 0.1) is 45.8 Å². The lowest BCUT2D eigenvalue weighted by Gasteiger charge is -2.61. The summed E-state index contributed by atoms with van der Waals surface area (Å²) in [5.41, 5.74) is -1.31. The molecule has 5 nitrogen and oxygen atoms in total. The second kappa shape index (κ2) is 6.19. The highest BCUT2D eigenvalue weighted by molar-refractivity contribution is 5.97. The molecule has 3 saturated heterocycles. The van der Waals surface area contributed by atoms with Crippen LogP contribution < -0.4 is 0 Å². The van der Waals surface area contributed by atoms with E-state index in [-0.39, 0.29) is 40.0 Å². The standard InChI is InChI=1S/C29H40O5/c1-15(19-14-27(4)29(6,34-27)24(31)32-19)16-9-10-17-21-18(11-13-25(16,17)2)28(5)20(30)8-7-12-26(28,3)23-22(21)33-23/h7-8,15-19,21-23H,9-14H2,1-6H3. The highest BCUT2D eigenvalue weighted by Crippen LogP contribution is 2.74. The summed E-state index contributed by atoms with van der Waals surface area (Å²) in [6.07, 6.45) is 10.8. The van der Waals surface area contributed by atoms with Crippen molar-refractivity contribution in [3.05, 3.63) is 12.2 Å². The number of ketones is 1. The smallest absolute Gasteiger partial charge is 0.341 e. The molecule has 5 heteroatoms. The van der Waals surface area contributed by atoms with Gasteiger partial charge in [0.25, 0.3) is 0 Å². The van der Waals surface area contributed by atoms with E-state index in [0.29, 0.717) is 41.5 Å². The highest BCUT2D eigenvalue weighted by atomic mass is 16.7. The van der Waals surface area contributed by atoms with Crippen molar-refractivity contribution in [1.29, 1.82) is 0 Å². The van der Waals surface area contributed by atoms with Crippen molar-refractivity contribution in [2.24, 2.45) is 45.8 Å². The van der Waals surface area contributed by atoms with E-state index in [4.69, 9.17) is 14.2 Å². The topological polar surface area (TPSA) is 68.4 Å². The molecule has 0 spiro atoms. The minimum atomic E-state index is -0.743. The summed E-state index contributed by atoms with van der Waals surface area (Å²) in [7, 11) is 0. The third kappa shape index (κ3) is 2.27. The predicted octanol–water partition coefficient (Wildman–Crippen LogP) is 4.87. The second-order valence-corrected chi connectivity index (χ2v) is 14.0. The van der Waals surface area contributed by atoms with Gasteiger partial charge in [-0.05, 0) is 87.0 Å². The van der Waals surface area contributed by atoms with Crippen molar-refractivity contribution in [2.45, 2.75) is 110 Å². The van der Waals surface area contributed by atoms with E-state index in [0.717, 1.165) is 25.7 Å². The molecule has 0 radical (unpaired) electrons. The van der Waals surface area contributed by atoms with Crippen molar-refractivity contribution in [3.63, 3.8) is 0 Å². The summed E-state index contributed by atoms with van der Waals surface area (Å²) < 4.78 is 18.4. The predicted molar refractivity (Wildman–Crippen MR) is 126 cm³/mol. The van der Waals surface area contributed by atoms with Gasteiger partial charge in [-0.1, -0.05) is 33.8 Å². The minimum Gasteiger partial charge on any atom is -0.460 e. The number of fused-ring (bicyclic) bond motifs is 9. The largest absolute Gasteiger partial charge is 0.460 e. The molecule has 13 atom stereocenters. The van der Waals surface area contributed by atoms with Gasteiger partial charge in [0, 0.05) is 17.3 Å². The summed E-state index contributed by atoms with van der Waals surface area (Å²) in [5, 5.41) is 0. The summed E-state index contributed by atoms with van der Waals surface area (Å²) in [4.78, 5) is 26.2. The molecule has 0 aromatic rings. The Morgan fingerprint density at radius 1 is 1.03 bits per heavy atom. The van der Waals surface area contributed by atoms with Crippen molar-refractivity contribution < 1.29 is 23.8 Å². The molecular formula is C29H40O5. The molecule has 0 bridgehead atoms. The van der Waals surface area contributed by atoms with E-state index in [1.54, 1.807) is 0 Å². The first-order valence-electron chi connectivity index (χ1n) is 13.7. The average Bonchev–Trinajstić information content (AvgIpc) is 3.64. The Morgan fingerprint density at radius 2 is 1.79 bits per heavy atom. The number of ether oxygens (including phenoxy) is 3. The molecule has 34 heavy (non-hydrogen) atoms. The van der Waals surface area contributed by atoms with E-state index < -0.39 is 5.60 Å². The highest BCUT2D eigenvalue weighted by Gasteiger charge is 2.77. The Labute approximate surface area is 203 Å². The van der Waals surface area contributed by atoms with Gasteiger partial charge < -0.3 is 14.2 Å². The van der Waals surface area contributed by atoms with Crippen molar-refractivity contribution in [3.8, 4) is 0 Å². The minimum absolute atomic E-state index is 0.0754. The molecule has 3 saturated carbocycles. The maximum absolute atomic E-state index is 13.4. The molecule has 4 aliphatic carbocycles. The van der Waals surface area contributed by atoms with Gasteiger partial charge in [0.2, 0.25) is 0 Å². The lowest BCUT2D eigenvalue weighted by atomic mass is 9.41. The molecule has 186 valence electrons. The van der Waals surface area contributed by atoms with Gasteiger partial charge >= 0.3 is 5.97 Å². The number of esters is 1. The number of hydrogen-bond acceptors (Lipinski definition) is 5. The zero-order chi connectivity index (χ0) is 24.1. The van der Waals surface area contributed by atoms with Crippen LogP contribution >= 0.6 is 0 Å². The fourth-order valence-corrected chi connectivity index (χ4v) is 10.4. The maximum atomic E-state index is 13.4. The van der Waals surface area contributed by atoms with E-state index >= 15 is 0 Å². The fraction of sp³-hybridized carbons (Fsp3) is 0.862. The number of hydrogen-bond donors (Lipinski definition) is 0. The Bertz CT molecular complexity index is 1020. The number of cyclic esters (lactones) is 1. The SMILES string of the molecule is CC(C1CC2(C)OC2(C)C(=O)O1)C1CCC2C3C4OC4C4(C)CC=CC(=O)C4(C)C3CCC12C. The number of carbonyl (C=O) groups excluding carboxylic acids is 2. The molecule has 13 unspecified atom stereocenters. The first-order chi connectivity index (χ1) is 15.9. The third-order valence-electron chi connectivity index (χ3n) is 13.0. The molecule has 7 aliphatic rings. The van der Waals surface area contributed by atoms with E-state index in [2.05, 4.69) is 40.7 Å². The maximum Gasteiger partial charge on any atom is 0.341 e. The van der Waals surface area contributed by atoms with Gasteiger partial charge in [-0.2, -0.15) is 0 Å². The van der Waals surface area contributed by atoms with Crippen LogP contribution in [0.15, 0.2) is 12.2 Å². The quantitative estimate of drug-likeness (QED) is 0.427. The summed E-state index contributed by atoms with van der Waals surface area (Å²) in [6.45, 7) is 13.3. The van der Waals surface area contributed by atoms with Crippen LogP contribution in [0.4, 0.5) is 0 Å². The van der Waals surface area contributed by atoms with E-state index in [9.17, 15) is 9.59 Å². The summed E-state index contributed by atoms with van der Waals surface area (Å²) in [5.74, 6) is 2.41. The Morgan fingerprint density at radius 3 is 2.53 bits per heavy atom. The van der Waals surface area contributed by atoms with Crippen LogP contribution in [0.3, 0.4) is 0 Å². The van der Waals surface area contributed by atoms with Crippen molar-refractivity contribution >= 4 is 11.8 Å². The van der Waals surface area contributed by atoms with Gasteiger partial charge in [0.15, 0.2) is 11.4 Å². The molecule has 0 aromatic carbocycles. The van der Waals surface area contributed by atoms with Crippen LogP contribution in [0.25, 0.3) is 0 Å². The zero-order valence-corrected chi connectivity index (χ0v) is 21.6. The van der Waals surface area contributed by atoms with Gasteiger partial charge in [-0.3, -0.25) is 4.79 Å². The molecule has 3 heterocycles. The van der Waals surface area contributed by atoms with Crippen LogP contribution in [-0.2, 0) is 23.8 Å². The van der Waals surface area contributed by atoms with Gasteiger partial charge in [0.1, 0.15) is 11.7 Å². The summed E-state index contributed by atoms with van der Waals surface area (Å²) >= 11 is 0. The Balaban J connectivity index is 1.18. The molecule has 3 aliphatic heterocycles. The van der Waals surface area contributed by atoms with Crippen molar-refractivity contribution in [1.82, 2.24) is 0 Å². The monoisotopic (exact) mass is 468 g/mol. The summed E-state index contributed by atoms with van der Waals surface area (Å²) in [6, 6.07) is 0.